The second-order valence-electron chi connectivity index (χ2n) is 9.61. The first-order valence-corrected chi connectivity index (χ1v) is 11.7. The van der Waals surface area contributed by atoms with E-state index in [1.807, 2.05) is 68.2 Å². The normalized spacial score (nSPS) is 41.6. The Morgan fingerprint density at radius 1 is 1.06 bits per heavy atom. The van der Waals surface area contributed by atoms with Gasteiger partial charge in [-0.15, -0.1) is 0 Å². The predicted molar refractivity (Wildman–Crippen MR) is 125 cm³/mol. The van der Waals surface area contributed by atoms with E-state index in [0.29, 0.717) is 6.42 Å². The van der Waals surface area contributed by atoms with Crippen LogP contribution in [-0.4, -0.2) is 56.5 Å². The van der Waals surface area contributed by atoms with Crippen LogP contribution in [0.5, 0.6) is 0 Å². The van der Waals surface area contributed by atoms with E-state index in [0.717, 1.165) is 17.6 Å². The van der Waals surface area contributed by atoms with Gasteiger partial charge in [0.05, 0.1) is 30.3 Å². The number of aliphatic hydroxyl groups is 3. The number of carbonyl (C=O) groups is 1. The number of allylic oxidation sites excluding steroid dienone is 7. The van der Waals surface area contributed by atoms with Gasteiger partial charge in [-0.05, 0) is 33.6 Å². The molecule has 0 radical (unpaired) electrons. The topological polar surface area (TPSA) is 81.0 Å². The molecule has 2 heterocycles. The van der Waals surface area contributed by atoms with E-state index < -0.39 is 18.3 Å². The van der Waals surface area contributed by atoms with Crippen LogP contribution in [0.3, 0.4) is 0 Å². The second kappa shape index (κ2) is 9.34. The molecule has 32 heavy (non-hydrogen) atoms. The van der Waals surface area contributed by atoms with Crippen molar-refractivity contribution in [3.8, 4) is 0 Å². The molecule has 172 valence electrons. The molecule has 5 heteroatoms. The summed E-state index contributed by atoms with van der Waals surface area (Å²) >= 11 is 0. The number of nitrogens with zero attached hydrogens (tertiary/aromatic N) is 1. The van der Waals surface area contributed by atoms with E-state index in [9.17, 15) is 20.1 Å². The molecule has 2 aliphatic heterocycles. The lowest BCUT2D eigenvalue weighted by Gasteiger charge is -2.35. The van der Waals surface area contributed by atoms with Gasteiger partial charge in [-0.1, -0.05) is 71.9 Å². The lowest BCUT2D eigenvalue weighted by molar-refractivity contribution is -0.132. The quantitative estimate of drug-likeness (QED) is 0.468. The summed E-state index contributed by atoms with van der Waals surface area (Å²) in [5, 5.41) is 31.8. The maximum Gasteiger partial charge on any atom is 0.230 e. The van der Waals surface area contributed by atoms with Crippen molar-refractivity contribution >= 4 is 5.91 Å². The summed E-state index contributed by atoms with van der Waals surface area (Å²) in [6, 6.07) is -0.237. The molecule has 0 saturated carbocycles. The van der Waals surface area contributed by atoms with Crippen molar-refractivity contribution in [2.24, 2.45) is 23.7 Å². The van der Waals surface area contributed by atoms with Crippen molar-refractivity contribution in [1.29, 1.82) is 0 Å². The zero-order valence-corrected chi connectivity index (χ0v) is 19.1. The summed E-state index contributed by atoms with van der Waals surface area (Å²) in [6.07, 6.45) is 18.6. The van der Waals surface area contributed by atoms with E-state index in [-0.39, 0.29) is 41.7 Å². The summed E-state index contributed by atoms with van der Waals surface area (Å²) in [5.41, 5.74) is 2.03. The molecule has 3 N–H and O–H groups in total. The third-order valence-electron chi connectivity index (χ3n) is 7.61. The van der Waals surface area contributed by atoms with Crippen molar-refractivity contribution < 1.29 is 20.1 Å². The maximum absolute atomic E-state index is 13.5. The molecule has 0 spiro atoms. The fraction of sp³-hybridized carbons (Fsp3) is 0.519. The molecule has 4 rings (SSSR count). The fourth-order valence-corrected chi connectivity index (χ4v) is 6.13. The third-order valence-corrected chi connectivity index (χ3v) is 7.61. The maximum atomic E-state index is 13.5. The highest BCUT2D eigenvalue weighted by molar-refractivity contribution is 5.85. The average molecular weight is 438 g/mol. The summed E-state index contributed by atoms with van der Waals surface area (Å²) in [7, 11) is 0. The first-order chi connectivity index (χ1) is 15.3. The fourth-order valence-electron chi connectivity index (χ4n) is 6.13. The van der Waals surface area contributed by atoms with Gasteiger partial charge in [0.1, 0.15) is 0 Å². The van der Waals surface area contributed by atoms with Gasteiger partial charge in [0.15, 0.2) is 0 Å². The molecule has 2 saturated heterocycles. The Balaban J connectivity index is 1.71. The van der Waals surface area contributed by atoms with Crippen molar-refractivity contribution in [3.05, 3.63) is 71.9 Å². The van der Waals surface area contributed by atoms with Crippen molar-refractivity contribution in [2.75, 3.05) is 0 Å². The van der Waals surface area contributed by atoms with Crippen LogP contribution in [0, 0.1) is 23.7 Å². The first kappa shape index (κ1) is 23.0. The average Bonchev–Trinajstić information content (AvgIpc) is 3.23. The smallest absolute Gasteiger partial charge is 0.230 e. The second-order valence-corrected chi connectivity index (χ2v) is 9.61. The number of amides is 1. The minimum Gasteiger partial charge on any atom is -0.391 e. The highest BCUT2D eigenvalue weighted by Gasteiger charge is 2.56. The summed E-state index contributed by atoms with van der Waals surface area (Å²) in [4.78, 5) is 15.5. The lowest BCUT2D eigenvalue weighted by Crippen LogP contribution is -2.40. The van der Waals surface area contributed by atoms with Gasteiger partial charge >= 0.3 is 0 Å². The molecule has 5 nitrogen and oxygen atoms in total. The van der Waals surface area contributed by atoms with Crippen molar-refractivity contribution in [3.63, 3.8) is 0 Å². The van der Waals surface area contributed by atoms with Crippen molar-refractivity contribution in [1.82, 2.24) is 4.90 Å². The Bertz CT molecular complexity index is 911. The van der Waals surface area contributed by atoms with Gasteiger partial charge in [-0.3, -0.25) is 4.79 Å². The number of carbonyl (C=O) groups excluding carboxylic acids is 1. The van der Waals surface area contributed by atoms with Crippen LogP contribution in [0.25, 0.3) is 0 Å². The Hall–Kier alpha value is -2.21. The molecule has 0 aromatic carbocycles. The van der Waals surface area contributed by atoms with Gasteiger partial charge < -0.3 is 20.2 Å². The highest BCUT2D eigenvalue weighted by atomic mass is 16.3. The SMILES string of the molecule is CC=CC=CC[C@@H]1C[C@H](O)[C@H]2[C@@H]3C(C)=C[C@H]4C=C[C@@H](O)[C@@H](O)[C@@H]4C(C)=CC=C[C@@H]3C(=O)N12. The van der Waals surface area contributed by atoms with Crippen molar-refractivity contribution in [2.45, 2.75) is 64.0 Å². The predicted octanol–water partition coefficient (Wildman–Crippen LogP) is 3.07. The number of aliphatic hydroxyl groups excluding tert-OH is 3. The van der Waals surface area contributed by atoms with Gasteiger partial charge in [-0.25, -0.2) is 0 Å². The molecule has 0 aromatic rings. The summed E-state index contributed by atoms with van der Waals surface area (Å²) < 4.78 is 0. The van der Waals surface area contributed by atoms with E-state index in [2.05, 4.69) is 12.2 Å². The Labute approximate surface area is 190 Å². The van der Waals surface area contributed by atoms with E-state index in [4.69, 9.17) is 0 Å². The molecule has 0 bridgehead atoms. The van der Waals surface area contributed by atoms with Gasteiger partial charge in [0.2, 0.25) is 5.91 Å². The number of fused-ring (bicyclic) bond motifs is 4. The molecule has 4 aliphatic rings. The van der Waals surface area contributed by atoms with E-state index in [1.54, 1.807) is 6.08 Å². The van der Waals surface area contributed by atoms with Gasteiger partial charge in [-0.2, -0.15) is 0 Å². The number of rotatable bonds is 3. The van der Waals surface area contributed by atoms with Crippen LogP contribution in [0.4, 0.5) is 0 Å². The van der Waals surface area contributed by atoms with E-state index >= 15 is 0 Å². The van der Waals surface area contributed by atoms with Crippen LogP contribution in [0.2, 0.25) is 0 Å². The van der Waals surface area contributed by atoms with Crippen LogP contribution in [0.1, 0.15) is 33.6 Å². The Morgan fingerprint density at radius 3 is 2.59 bits per heavy atom. The highest BCUT2D eigenvalue weighted by Crippen LogP contribution is 2.47. The summed E-state index contributed by atoms with van der Waals surface area (Å²) in [6.45, 7) is 5.97. The van der Waals surface area contributed by atoms with Crippen LogP contribution < -0.4 is 0 Å². The zero-order chi connectivity index (χ0) is 23.0. The lowest BCUT2D eigenvalue weighted by atomic mass is 9.73. The monoisotopic (exact) mass is 437 g/mol. The molecule has 2 fully saturated rings. The van der Waals surface area contributed by atoms with Gasteiger partial charge in [0.25, 0.3) is 0 Å². The largest absolute Gasteiger partial charge is 0.391 e. The summed E-state index contributed by atoms with van der Waals surface area (Å²) in [5.74, 6) is -0.626. The first-order valence-electron chi connectivity index (χ1n) is 11.7. The standard InChI is InChI=1S/C27H35NO4/c1-4-5-6-7-10-19-15-22(30)25-24-17(3)14-18-12-13-21(29)26(31)23(18)16(2)9-8-11-20(24)27(32)28(19)25/h4-9,11-14,18-26,29-31H,10,15H2,1-3H3/t18-,19-,20+,21-,22+,23-,24-,25+,26-/m1/s1. The molecular formula is C27H35NO4. The molecule has 9 atom stereocenters. The molecule has 1 amide bonds. The number of hydrogen-bond donors (Lipinski definition) is 3. The molecule has 2 aliphatic carbocycles. The Kier molecular flexibility index (Phi) is 6.70. The minimum atomic E-state index is -0.885. The number of hydrogen-bond acceptors (Lipinski definition) is 4. The molecular weight excluding hydrogens is 402 g/mol. The van der Waals surface area contributed by atoms with Crippen LogP contribution in [-0.2, 0) is 4.79 Å². The zero-order valence-electron chi connectivity index (χ0n) is 19.1. The van der Waals surface area contributed by atoms with Crippen LogP contribution >= 0.6 is 0 Å². The Morgan fingerprint density at radius 2 is 1.84 bits per heavy atom. The van der Waals surface area contributed by atoms with Gasteiger partial charge in [0, 0.05) is 23.8 Å². The minimum absolute atomic E-state index is 0.000549. The van der Waals surface area contributed by atoms with E-state index in [1.165, 1.54) is 0 Å². The molecule has 0 unspecified atom stereocenters. The third kappa shape index (κ3) is 3.98. The molecule has 0 aromatic heterocycles. The van der Waals surface area contributed by atoms with Crippen LogP contribution in [0.15, 0.2) is 71.9 Å².